The van der Waals surface area contributed by atoms with Crippen LogP contribution >= 0.6 is 0 Å². The second-order valence-corrected chi connectivity index (χ2v) is 16.9. The van der Waals surface area contributed by atoms with Gasteiger partial charge in [-0.15, -0.1) is 0 Å². The van der Waals surface area contributed by atoms with E-state index in [0.717, 1.165) is 50.5 Å². The minimum Gasteiger partial charge on any atom is -0.377 e. The number of Topliss-reactive ketones (excluding diaryl/α,β-unsaturated/α-hetero) is 2. The molecule has 3 heterocycles. The fourth-order valence-electron chi connectivity index (χ4n) is 11.7. The first kappa shape index (κ1) is 34.1. The van der Waals surface area contributed by atoms with Crippen LogP contribution in [-0.2, 0) is 16.6 Å². The van der Waals surface area contributed by atoms with Gasteiger partial charge in [-0.25, -0.2) is 9.37 Å². The fourth-order valence-corrected chi connectivity index (χ4v) is 11.7. The van der Waals surface area contributed by atoms with Crippen molar-refractivity contribution in [2.24, 2.45) is 46.5 Å². The van der Waals surface area contributed by atoms with Gasteiger partial charge in [0.2, 0.25) is 0 Å². The van der Waals surface area contributed by atoms with Crippen LogP contribution in [0.5, 0.6) is 0 Å². The summed E-state index contributed by atoms with van der Waals surface area (Å²) in [6, 6.07) is 9.59. The minimum absolute atomic E-state index is 0.0721. The molecule has 53 heavy (non-hydrogen) atoms. The number of amides is 1. The van der Waals surface area contributed by atoms with Crippen LogP contribution in [-0.4, -0.2) is 55.2 Å². The summed E-state index contributed by atoms with van der Waals surface area (Å²) >= 11 is 0. The predicted octanol–water partition coefficient (Wildman–Crippen LogP) is 6.18. The first-order chi connectivity index (χ1) is 25.4. The standard InChI is InChI=1S/C42H45FN6O4/c1-40-14-10-27(50)18-24(40)6-9-28-30(40)11-15-41(2)31(28)12-16-42(41,53)17-13-34(52)47-26-7-4-23(5-8-26)37-36(39-45-22-46-49(39)3)38-35-29(33(51)21-44-38)19-25(43)20-32(35)48-37/h4-5,7-8,19-20,22,24,28,30-31,36-37,48,53H,6,9-12,14-16,18,21H2,1-3H3,(H,47,52)/t24-,28+,30-,31-,36+,37?,40-,41-,42+/m0/s1. The van der Waals surface area contributed by atoms with Crippen LogP contribution in [0.3, 0.4) is 0 Å². The number of hydrogen-bond acceptors (Lipinski definition) is 8. The molecule has 2 aromatic carbocycles. The number of benzene rings is 2. The van der Waals surface area contributed by atoms with Gasteiger partial charge in [0.25, 0.3) is 5.91 Å². The highest BCUT2D eigenvalue weighted by Gasteiger charge is 2.64. The van der Waals surface area contributed by atoms with E-state index in [-0.39, 0.29) is 23.2 Å². The molecular weight excluding hydrogens is 671 g/mol. The first-order valence-electron chi connectivity index (χ1n) is 19.1. The van der Waals surface area contributed by atoms with Crippen molar-refractivity contribution < 1.29 is 23.9 Å². The highest BCUT2D eigenvalue weighted by molar-refractivity contribution is 6.21. The molecule has 1 amide bonds. The number of anilines is 2. The number of aromatic nitrogens is 3. The summed E-state index contributed by atoms with van der Waals surface area (Å²) in [6.07, 6.45) is 9.42. The normalized spacial score (nSPS) is 35.4. The predicted molar refractivity (Wildman–Crippen MR) is 197 cm³/mol. The molecular formula is C42H45FN6O4. The zero-order chi connectivity index (χ0) is 36.9. The van der Waals surface area contributed by atoms with Gasteiger partial charge in [0.15, 0.2) is 5.78 Å². The van der Waals surface area contributed by atoms with Gasteiger partial charge in [-0.05, 0) is 110 Å². The molecule has 4 saturated carbocycles. The van der Waals surface area contributed by atoms with Crippen molar-refractivity contribution in [3.63, 3.8) is 0 Å². The maximum atomic E-state index is 14.7. The van der Waals surface area contributed by atoms with Crippen LogP contribution < -0.4 is 10.6 Å². The number of carbonyl (C=O) groups is 3. The Balaban J connectivity index is 0.929. The van der Waals surface area contributed by atoms with E-state index in [9.17, 15) is 23.9 Å². The van der Waals surface area contributed by atoms with E-state index in [1.165, 1.54) is 18.5 Å². The van der Waals surface area contributed by atoms with Crippen molar-refractivity contribution in [2.75, 3.05) is 17.2 Å². The molecule has 4 aliphatic carbocycles. The number of hydrogen-bond donors (Lipinski definition) is 3. The highest BCUT2D eigenvalue weighted by atomic mass is 19.1. The third kappa shape index (κ3) is 5.23. The summed E-state index contributed by atoms with van der Waals surface area (Å²) in [5.74, 6) is 7.16. The number of nitrogens with one attached hydrogen (secondary N) is 2. The van der Waals surface area contributed by atoms with Crippen molar-refractivity contribution >= 4 is 34.6 Å². The van der Waals surface area contributed by atoms with E-state index < -0.39 is 29.3 Å². The Bertz CT molecular complexity index is 2150. The summed E-state index contributed by atoms with van der Waals surface area (Å²) in [7, 11) is 1.80. The van der Waals surface area contributed by atoms with Crippen LogP contribution in [0.25, 0.3) is 0 Å². The largest absolute Gasteiger partial charge is 0.377 e. The van der Waals surface area contributed by atoms with Gasteiger partial charge >= 0.3 is 0 Å². The van der Waals surface area contributed by atoms with Crippen LogP contribution in [0.2, 0.25) is 0 Å². The lowest BCUT2D eigenvalue weighted by molar-refractivity contribution is -0.147. The number of aliphatic imine (C=N–C) groups is 1. The van der Waals surface area contributed by atoms with Crippen LogP contribution in [0.4, 0.5) is 15.8 Å². The Hall–Kier alpha value is -4.69. The summed E-state index contributed by atoms with van der Waals surface area (Å²) < 4.78 is 16.4. The monoisotopic (exact) mass is 716 g/mol. The van der Waals surface area contributed by atoms with Crippen LogP contribution in [0.15, 0.2) is 47.7 Å². The first-order valence-corrected chi connectivity index (χ1v) is 19.1. The van der Waals surface area contributed by atoms with Crippen molar-refractivity contribution in [1.82, 2.24) is 14.8 Å². The highest BCUT2D eigenvalue weighted by Crippen LogP contribution is 2.68. The number of aryl methyl sites for hydroxylation is 1. The molecule has 10 nitrogen and oxygen atoms in total. The zero-order valence-electron chi connectivity index (χ0n) is 30.4. The molecule has 4 fully saturated rings. The topological polar surface area (TPSA) is 139 Å². The van der Waals surface area contributed by atoms with Crippen molar-refractivity contribution in [3.05, 3.63) is 71.1 Å². The average molecular weight is 717 g/mol. The maximum absolute atomic E-state index is 14.7. The molecule has 2 aliphatic heterocycles. The molecule has 0 bridgehead atoms. The third-order valence-corrected chi connectivity index (χ3v) is 14.6. The van der Waals surface area contributed by atoms with E-state index in [1.54, 1.807) is 23.9 Å². The molecule has 0 saturated heterocycles. The van der Waals surface area contributed by atoms with Crippen molar-refractivity contribution in [1.29, 1.82) is 0 Å². The molecule has 1 aromatic heterocycles. The van der Waals surface area contributed by atoms with E-state index in [0.29, 0.717) is 76.3 Å². The van der Waals surface area contributed by atoms with Gasteiger partial charge in [-0.1, -0.05) is 31.9 Å². The molecule has 9 atom stereocenters. The number of halogens is 1. The fraction of sp³-hybridized carbons (Fsp3) is 0.524. The Labute approximate surface area is 308 Å². The molecule has 274 valence electrons. The molecule has 11 heteroatoms. The van der Waals surface area contributed by atoms with Gasteiger partial charge in [0.05, 0.1) is 17.7 Å². The lowest BCUT2D eigenvalue weighted by atomic mass is 9.44. The molecule has 3 aromatic rings. The van der Waals surface area contributed by atoms with E-state index in [2.05, 4.69) is 51.4 Å². The van der Waals surface area contributed by atoms with Gasteiger partial charge in [-0.3, -0.25) is 24.1 Å². The van der Waals surface area contributed by atoms with Crippen molar-refractivity contribution in [2.45, 2.75) is 89.2 Å². The van der Waals surface area contributed by atoms with Gasteiger partial charge < -0.3 is 15.7 Å². The summed E-state index contributed by atoms with van der Waals surface area (Å²) in [6.45, 7) is 4.53. The lowest BCUT2D eigenvalue weighted by Crippen LogP contribution is -2.56. The van der Waals surface area contributed by atoms with Crippen LogP contribution in [0.1, 0.15) is 111 Å². The second kappa shape index (κ2) is 12.2. The molecule has 3 N–H and O–H groups in total. The summed E-state index contributed by atoms with van der Waals surface area (Å²) in [4.78, 5) is 47.5. The molecule has 6 aliphatic rings. The Morgan fingerprint density at radius 3 is 2.62 bits per heavy atom. The molecule has 0 radical (unpaired) electrons. The van der Waals surface area contributed by atoms with Gasteiger partial charge in [0.1, 0.15) is 35.9 Å². The SMILES string of the molecule is Cn1ncnc1[C@H]1C2=NCC(=O)c3cc(F)cc(c32)NC1c1ccc(NC(=O)C#C[C@]2(O)CC[C@H]3[C@@H]4CC[C@H]5CC(=O)CC[C@]5(C)[C@H]4CC[C@@]32C)cc1. The Morgan fingerprint density at radius 1 is 1.06 bits per heavy atom. The molecule has 0 spiro atoms. The second-order valence-electron chi connectivity index (χ2n) is 16.9. The zero-order valence-corrected chi connectivity index (χ0v) is 30.4. The number of rotatable bonds is 3. The molecule has 9 rings (SSSR count). The average Bonchev–Trinajstić information content (AvgIpc) is 3.68. The maximum Gasteiger partial charge on any atom is 0.300 e. The quantitative estimate of drug-likeness (QED) is 0.276. The number of carbonyl (C=O) groups excluding carboxylic acids is 3. The Kier molecular flexibility index (Phi) is 7.83. The van der Waals surface area contributed by atoms with Gasteiger partial charge in [-0.2, -0.15) is 5.10 Å². The van der Waals surface area contributed by atoms with Gasteiger partial charge in [0, 0.05) is 47.8 Å². The van der Waals surface area contributed by atoms with Crippen LogP contribution in [0, 0.1) is 52.2 Å². The lowest BCUT2D eigenvalue weighted by Gasteiger charge is -2.60. The Morgan fingerprint density at radius 2 is 1.85 bits per heavy atom. The van der Waals surface area contributed by atoms with E-state index >= 15 is 0 Å². The minimum atomic E-state index is -1.24. The number of aliphatic hydroxyl groups is 1. The smallest absolute Gasteiger partial charge is 0.300 e. The van der Waals surface area contributed by atoms with E-state index in [1.807, 2.05) is 12.1 Å². The van der Waals surface area contributed by atoms with Crippen molar-refractivity contribution in [3.8, 4) is 11.8 Å². The number of fused-ring (bicyclic) bond motifs is 5. The van der Waals surface area contributed by atoms with E-state index in [4.69, 9.17) is 0 Å². The molecule has 1 unspecified atom stereocenters. The number of ketones is 2. The summed E-state index contributed by atoms with van der Waals surface area (Å²) in [5.41, 5.74) is 2.00. The number of nitrogens with zero attached hydrogens (tertiary/aromatic N) is 4. The summed E-state index contributed by atoms with van der Waals surface area (Å²) in [5, 5.41) is 22.7. The third-order valence-electron chi connectivity index (χ3n) is 14.6.